The van der Waals surface area contributed by atoms with Gasteiger partial charge >= 0.3 is 0 Å². The fraction of sp³-hybridized carbons (Fsp3) is 0.235. The number of aromatic hydroxyl groups is 3. The van der Waals surface area contributed by atoms with Crippen molar-refractivity contribution < 1.29 is 19.7 Å². The molecule has 22 heavy (non-hydrogen) atoms. The molecule has 1 heterocycles. The first-order valence-corrected chi connectivity index (χ1v) is 7.21. The van der Waals surface area contributed by atoms with Crippen molar-refractivity contribution in [2.24, 2.45) is 0 Å². The Morgan fingerprint density at radius 2 is 1.77 bits per heavy atom. The maximum Gasteiger partial charge on any atom is 0.224 e. The molecule has 3 aliphatic rings. The number of benzene rings is 2. The first-order chi connectivity index (χ1) is 10.6. The molecular weight excluding hydrogens is 284 g/mol. The van der Waals surface area contributed by atoms with Gasteiger partial charge in [0.1, 0.15) is 0 Å². The van der Waals surface area contributed by atoms with E-state index in [2.05, 4.69) is 0 Å². The van der Waals surface area contributed by atoms with E-state index in [1.165, 1.54) is 12.1 Å². The van der Waals surface area contributed by atoms with Crippen LogP contribution in [0.15, 0.2) is 33.5 Å². The van der Waals surface area contributed by atoms with Crippen LogP contribution in [0.4, 0.5) is 0 Å². The van der Waals surface area contributed by atoms with E-state index >= 15 is 0 Å². The predicted octanol–water partition coefficient (Wildman–Crippen LogP) is 3.28. The molecule has 5 heteroatoms. The Labute approximate surface area is 125 Å². The van der Waals surface area contributed by atoms with E-state index in [9.17, 15) is 20.1 Å². The summed E-state index contributed by atoms with van der Waals surface area (Å²) in [6.07, 6.45) is 3.14. The van der Waals surface area contributed by atoms with Gasteiger partial charge in [-0.25, -0.2) is 0 Å². The Bertz CT molecular complexity index is 921. The van der Waals surface area contributed by atoms with Crippen LogP contribution in [0.25, 0.3) is 22.3 Å². The first kappa shape index (κ1) is 13.0. The van der Waals surface area contributed by atoms with Crippen molar-refractivity contribution >= 4 is 11.0 Å². The van der Waals surface area contributed by atoms with E-state index in [0.717, 1.165) is 24.8 Å². The smallest absolute Gasteiger partial charge is 0.224 e. The molecule has 5 nitrogen and oxygen atoms in total. The average Bonchev–Trinajstić information content (AvgIpc) is 2.45. The predicted molar refractivity (Wildman–Crippen MR) is 80.7 cm³/mol. The molecule has 1 aromatic rings. The Balaban J connectivity index is 2.21. The molecule has 1 aliphatic heterocycles. The third kappa shape index (κ3) is 1.62. The number of hydrogen-bond donors (Lipinski definition) is 3. The number of rotatable bonds is 1. The van der Waals surface area contributed by atoms with Gasteiger partial charge in [0.05, 0.1) is 0 Å². The number of phenols is 3. The highest BCUT2D eigenvalue weighted by Gasteiger charge is 2.30. The minimum Gasteiger partial charge on any atom is -0.504 e. The SMILES string of the molecule is O=c1ccc2c(C3CCC3)c3ccc(O)c(O)c3oc-2c1O. The van der Waals surface area contributed by atoms with Gasteiger partial charge < -0.3 is 19.7 Å². The maximum atomic E-state index is 11.7. The molecule has 1 fully saturated rings. The molecule has 112 valence electrons. The first-order valence-electron chi connectivity index (χ1n) is 7.21. The summed E-state index contributed by atoms with van der Waals surface area (Å²) in [6, 6.07) is 6.09. The van der Waals surface area contributed by atoms with Crippen LogP contribution in [0.2, 0.25) is 0 Å². The molecule has 3 N–H and O–H groups in total. The Morgan fingerprint density at radius 3 is 2.45 bits per heavy atom. The van der Waals surface area contributed by atoms with Crippen LogP contribution in [0.1, 0.15) is 30.7 Å². The Kier molecular flexibility index (Phi) is 2.60. The van der Waals surface area contributed by atoms with E-state index < -0.39 is 11.2 Å². The minimum atomic E-state index is -0.533. The third-order valence-corrected chi connectivity index (χ3v) is 4.50. The molecule has 0 radical (unpaired) electrons. The fourth-order valence-corrected chi connectivity index (χ4v) is 3.13. The maximum absolute atomic E-state index is 11.7. The summed E-state index contributed by atoms with van der Waals surface area (Å²) in [5.41, 5.74) is 1.19. The van der Waals surface area contributed by atoms with Crippen molar-refractivity contribution in [2.75, 3.05) is 0 Å². The van der Waals surface area contributed by atoms with Crippen molar-refractivity contribution in [3.05, 3.63) is 40.1 Å². The van der Waals surface area contributed by atoms with Gasteiger partial charge in [0.25, 0.3) is 0 Å². The van der Waals surface area contributed by atoms with Crippen molar-refractivity contribution in [1.29, 1.82) is 0 Å². The van der Waals surface area contributed by atoms with Crippen LogP contribution in [-0.2, 0) is 0 Å². The quantitative estimate of drug-likeness (QED) is 0.474. The van der Waals surface area contributed by atoms with Gasteiger partial charge in [-0.1, -0.05) is 6.42 Å². The summed E-state index contributed by atoms with van der Waals surface area (Å²) in [5.74, 6) is -0.795. The molecule has 0 unspecified atom stereocenters. The molecule has 1 aromatic carbocycles. The molecule has 0 aromatic heterocycles. The molecule has 0 amide bonds. The van der Waals surface area contributed by atoms with E-state index in [0.29, 0.717) is 16.9 Å². The highest BCUT2D eigenvalue weighted by Crippen LogP contribution is 2.49. The number of phenolic OH excluding ortho intramolecular Hbond substituents is 3. The van der Waals surface area contributed by atoms with E-state index in [-0.39, 0.29) is 22.8 Å². The van der Waals surface area contributed by atoms with Gasteiger partial charge in [-0.3, -0.25) is 4.79 Å². The molecule has 0 saturated heterocycles. The molecule has 1 saturated carbocycles. The normalized spacial score (nSPS) is 15.3. The molecule has 0 spiro atoms. The lowest BCUT2D eigenvalue weighted by Crippen LogP contribution is -2.12. The third-order valence-electron chi connectivity index (χ3n) is 4.50. The van der Waals surface area contributed by atoms with Crippen LogP contribution in [0, 0.1) is 0 Å². The van der Waals surface area contributed by atoms with Gasteiger partial charge in [0, 0.05) is 10.9 Å². The van der Waals surface area contributed by atoms with Crippen LogP contribution < -0.4 is 5.43 Å². The lowest BCUT2D eigenvalue weighted by Gasteiger charge is -2.29. The highest BCUT2D eigenvalue weighted by molar-refractivity contribution is 5.94. The largest absolute Gasteiger partial charge is 0.504 e. The number of fused-ring (bicyclic) bond motifs is 2. The van der Waals surface area contributed by atoms with Crippen molar-refractivity contribution in [3.63, 3.8) is 0 Å². The van der Waals surface area contributed by atoms with Crippen molar-refractivity contribution in [3.8, 4) is 28.6 Å². The zero-order valence-corrected chi connectivity index (χ0v) is 11.7. The summed E-state index contributed by atoms with van der Waals surface area (Å²) in [6.45, 7) is 0. The molecular formula is C17H14O5. The monoisotopic (exact) mass is 298 g/mol. The van der Waals surface area contributed by atoms with E-state index in [1.54, 1.807) is 12.1 Å². The summed E-state index contributed by atoms with van der Waals surface area (Å²) < 4.78 is 5.57. The summed E-state index contributed by atoms with van der Waals surface area (Å²) in [5, 5.41) is 30.5. The van der Waals surface area contributed by atoms with Crippen molar-refractivity contribution in [1.82, 2.24) is 0 Å². The molecule has 0 bridgehead atoms. The van der Waals surface area contributed by atoms with Crippen LogP contribution >= 0.6 is 0 Å². The lowest BCUT2D eigenvalue weighted by atomic mass is 9.76. The fourth-order valence-electron chi connectivity index (χ4n) is 3.13. The topological polar surface area (TPSA) is 90.9 Å². The van der Waals surface area contributed by atoms with Crippen LogP contribution in [0.3, 0.4) is 0 Å². The Morgan fingerprint density at radius 1 is 1.00 bits per heavy atom. The average molecular weight is 298 g/mol. The minimum absolute atomic E-state index is 0.0581. The van der Waals surface area contributed by atoms with Gasteiger partial charge in [0.15, 0.2) is 17.1 Å². The van der Waals surface area contributed by atoms with Crippen molar-refractivity contribution in [2.45, 2.75) is 25.2 Å². The van der Waals surface area contributed by atoms with Crippen LogP contribution in [-0.4, -0.2) is 15.3 Å². The molecule has 0 atom stereocenters. The van der Waals surface area contributed by atoms with Crippen LogP contribution in [0.5, 0.6) is 17.2 Å². The lowest BCUT2D eigenvalue weighted by molar-refractivity contribution is 0.395. The van der Waals surface area contributed by atoms with E-state index in [4.69, 9.17) is 4.42 Å². The van der Waals surface area contributed by atoms with Gasteiger partial charge in [-0.15, -0.1) is 0 Å². The second-order valence-corrected chi connectivity index (χ2v) is 5.74. The van der Waals surface area contributed by atoms with Gasteiger partial charge in [-0.2, -0.15) is 0 Å². The van der Waals surface area contributed by atoms with Gasteiger partial charge in [-0.05, 0) is 48.6 Å². The second-order valence-electron chi connectivity index (χ2n) is 5.74. The Hall–Kier alpha value is -2.69. The zero-order valence-electron chi connectivity index (χ0n) is 11.7. The molecule has 4 rings (SSSR count). The second kappa shape index (κ2) is 4.40. The summed E-state index contributed by atoms with van der Waals surface area (Å²) in [4.78, 5) is 11.7. The standard InChI is InChI=1S/C17H14O5/c18-11-6-4-9-13(8-2-1-3-8)10-5-7-12(19)15(21)17(10)22-16(9)14(11)20/h4-8,18,20-21H,1-3H2. The van der Waals surface area contributed by atoms with E-state index in [1.807, 2.05) is 0 Å². The number of hydrogen-bond acceptors (Lipinski definition) is 5. The summed E-state index contributed by atoms with van der Waals surface area (Å²) in [7, 11) is 0. The summed E-state index contributed by atoms with van der Waals surface area (Å²) >= 11 is 0. The highest BCUT2D eigenvalue weighted by atomic mass is 16.4. The van der Waals surface area contributed by atoms with Gasteiger partial charge in [0.2, 0.25) is 16.9 Å². The zero-order chi connectivity index (χ0) is 15.4. The molecule has 2 aliphatic carbocycles.